The Hall–Kier alpha value is -3.73. The molecule has 0 aliphatic carbocycles. The van der Waals surface area contributed by atoms with E-state index >= 15 is 0 Å². The topological polar surface area (TPSA) is 108 Å². The minimum atomic E-state index is -0.433. The van der Waals surface area contributed by atoms with E-state index in [-0.39, 0.29) is 23.8 Å². The summed E-state index contributed by atoms with van der Waals surface area (Å²) in [6, 6.07) is 21.6. The number of ether oxygens (including phenoxy) is 1. The molecule has 9 nitrogen and oxygen atoms in total. The van der Waals surface area contributed by atoms with Crippen molar-refractivity contribution in [2.75, 3.05) is 51.6 Å². The smallest absolute Gasteiger partial charge is 0.411 e. The molecule has 0 spiro atoms. The molecule has 1 aromatic heterocycles. The van der Waals surface area contributed by atoms with Crippen LogP contribution in [0.4, 0.5) is 10.5 Å². The molecule has 0 radical (unpaired) electrons. The van der Waals surface area contributed by atoms with Gasteiger partial charge in [-0.25, -0.2) is 4.79 Å². The molecule has 2 aliphatic rings. The number of amides is 3. The number of anilines is 1. The Morgan fingerprint density at radius 3 is 2.30 bits per heavy atom. The maximum atomic E-state index is 13.1. The summed E-state index contributed by atoms with van der Waals surface area (Å²) < 4.78 is 5.76. The van der Waals surface area contributed by atoms with E-state index in [9.17, 15) is 14.4 Å². The van der Waals surface area contributed by atoms with Gasteiger partial charge < -0.3 is 20.3 Å². The van der Waals surface area contributed by atoms with Gasteiger partial charge in [-0.3, -0.25) is 19.8 Å². The maximum Gasteiger partial charge on any atom is 0.411 e. The third-order valence-corrected chi connectivity index (χ3v) is 9.46. The van der Waals surface area contributed by atoms with E-state index in [4.69, 9.17) is 10.5 Å². The van der Waals surface area contributed by atoms with Crippen LogP contribution >= 0.6 is 11.3 Å². The molecule has 0 unspecified atom stereocenters. The first-order valence-corrected chi connectivity index (χ1v) is 15.9. The van der Waals surface area contributed by atoms with Crippen molar-refractivity contribution in [3.8, 4) is 11.1 Å². The Labute approximate surface area is 257 Å². The molecular formula is C33H41N5O4S. The number of benzene rings is 2. The molecule has 2 aliphatic heterocycles. The van der Waals surface area contributed by atoms with Gasteiger partial charge in [-0.2, -0.15) is 0 Å². The number of nitrogens with two attached hydrogens (primary N) is 1. The minimum absolute atomic E-state index is 0.0171. The first-order chi connectivity index (χ1) is 20.9. The highest BCUT2D eigenvalue weighted by atomic mass is 32.1. The van der Waals surface area contributed by atoms with Crippen LogP contribution in [0, 0.1) is 5.92 Å². The van der Waals surface area contributed by atoms with Crippen LogP contribution in [-0.2, 0) is 16.1 Å². The first kappa shape index (κ1) is 30.7. The van der Waals surface area contributed by atoms with Crippen LogP contribution in [0.15, 0.2) is 66.7 Å². The van der Waals surface area contributed by atoms with Crippen molar-refractivity contribution >= 4 is 34.9 Å². The number of carbonyl (C=O) groups excluding carboxylic acids is 3. The normalized spacial score (nSPS) is 17.0. The number of nitrogens with zero attached hydrogens (tertiary/aromatic N) is 3. The van der Waals surface area contributed by atoms with Gasteiger partial charge in [-0.1, -0.05) is 48.5 Å². The number of likely N-dealkylation sites (N-methyl/N-ethyl adjacent to an activating group) is 1. The average molecular weight is 604 g/mol. The predicted octanol–water partition coefficient (Wildman–Crippen LogP) is 4.90. The molecule has 3 N–H and O–H groups in total. The number of likely N-dealkylation sites (tertiary alicyclic amines) is 2. The van der Waals surface area contributed by atoms with Gasteiger partial charge >= 0.3 is 6.09 Å². The Morgan fingerprint density at radius 2 is 1.58 bits per heavy atom. The lowest BCUT2D eigenvalue weighted by Crippen LogP contribution is -2.42. The molecule has 2 fully saturated rings. The number of primary amides is 1. The van der Waals surface area contributed by atoms with Gasteiger partial charge in [0.1, 0.15) is 6.10 Å². The molecule has 228 valence electrons. The number of hydrogen-bond donors (Lipinski definition) is 2. The lowest BCUT2D eigenvalue weighted by molar-refractivity contribution is -0.123. The van der Waals surface area contributed by atoms with Crippen molar-refractivity contribution < 1.29 is 19.1 Å². The van der Waals surface area contributed by atoms with E-state index in [2.05, 4.69) is 15.1 Å². The summed E-state index contributed by atoms with van der Waals surface area (Å²) in [7, 11) is 1.85. The Kier molecular flexibility index (Phi) is 10.5. The second kappa shape index (κ2) is 14.6. The van der Waals surface area contributed by atoms with E-state index in [0.29, 0.717) is 6.54 Å². The highest BCUT2D eigenvalue weighted by Gasteiger charge is 2.25. The largest absolute Gasteiger partial charge is 0.446 e. The molecule has 3 heterocycles. The molecular weight excluding hydrogens is 562 g/mol. The van der Waals surface area contributed by atoms with Crippen molar-refractivity contribution in [3.63, 3.8) is 0 Å². The zero-order valence-corrected chi connectivity index (χ0v) is 25.6. The van der Waals surface area contributed by atoms with Gasteiger partial charge in [0, 0.05) is 56.1 Å². The molecule has 3 amide bonds. The van der Waals surface area contributed by atoms with Crippen LogP contribution in [0.1, 0.15) is 40.2 Å². The monoisotopic (exact) mass is 603 g/mol. The van der Waals surface area contributed by atoms with Gasteiger partial charge in [0.25, 0.3) is 5.91 Å². The van der Waals surface area contributed by atoms with Gasteiger partial charge in [0.15, 0.2) is 0 Å². The third kappa shape index (κ3) is 8.43. The summed E-state index contributed by atoms with van der Waals surface area (Å²) in [6.07, 6.45) is 2.56. The molecule has 10 heteroatoms. The first-order valence-electron chi connectivity index (χ1n) is 15.1. The van der Waals surface area contributed by atoms with E-state index in [1.165, 1.54) is 0 Å². The summed E-state index contributed by atoms with van der Waals surface area (Å²) in [5.41, 5.74) is 8.16. The molecule has 2 aromatic carbocycles. The van der Waals surface area contributed by atoms with Gasteiger partial charge in [-0.15, -0.1) is 11.3 Å². The van der Waals surface area contributed by atoms with Crippen molar-refractivity contribution in [1.82, 2.24) is 14.7 Å². The number of hydrogen-bond acceptors (Lipinski definition) is 7. The van der Waals surface area contributed by atoms with Crippen LogP contribution in [0.5, 0.6) is 0 Å². The molecule has 0 bridgehead atoms. The van der Waals surface area contributed by atoms with E-state index < -0.39 is 6.09 Å². The van der Waals surface area contributed by atoms with Crippen molar-refractivity contribution in [3.05, 3.63) is 76.5 Å². The van der Waals surface area contributed by atoms with Crippen LogP contribution in [0.2, 0.25) is 0 Å². The summed E-state index contributed by atoms with van der Waals surface area (Å²) in [5.74, 6) is -0.181. The molecule has 43 heavy (non-hydrogen) atoms. The molecule has 0 saturated carbocycles. The second-order valence-corrected chi connectivity index (χ2v) is 12.6. The lowest BCUT2D eigenvalue weighted by atomic mass is 9.96. The minimum Gasteiger partial charge on any atom is -0.446 e. The van der Waals surface area contributed by atoms with E-state index in [0.717, 1.165) is 91.5 Å². The second-order valence-electron chi connectivity index (χ2n) is 11.4. The van der Waals surface area contributed by atoms with Crippen molar-refractivity contribution in [1.29, 1.82) is 0 Å². The number of rotatable bonds is 10. The summed E-state index contributed by atoms with van der Waals surface area (Å²) in [6.45, 7) is 5.54. The van der Waals surface area contributed by atoms with Gasteiger partial charge in [0.05, 0.1) is 10.6 Å². The number of nitrogens with one attached hydrogen (secondary N) is 1. The summed E-state index contributed by atoms with van der Waals surface area (Å²) >= 11 is 1.54. The van der Waals surface area contributed by atoms with Gasteiger partial charge in [0.2, 0.25) is 5.91 Å². The fourth-order valence-corrected chi connectivity index (χ4v) is 6.80. The molecule has 0 atom stereocenters. The van der Waals surface area contributed by atoms with Crippen LogP contribution < -0.4 is 11.1 Å². The van der Waals surface area contributed by atoms with E-state index in [1.807, 2.05) is 73.8 Å². The predicted molar refractivity (Wildman–Crippen MR) is 170 cm³/mol. The zero-order chi connectivity index (χ0) is 30.2. The van der Waals surface area contributed by atoms with Crippen LogP contribution in [0.25, 0.3) is 11.1 Å². The lowest BCUT2D eigenvalue weighted by Gasteiger charge is -2.32. The zero-order valence-electron chi connectivity index (χ0n) is 24.7. The van der Waals surface area contributed by atoms with Crippen LogP contribution in [0.3, 0.4) is 0 Å². The Balaban J connectivity index is 1.02. The van der Waals surface area contributed by atoms with Gasteiger partial charge in [-0.05, 0) is 62.5 Å². The van der Waals surface area contributed by atoms with Crippen molar-refractivity contribution in [2.45, 2.75) is 38.3 Å². The Bertz CT molecular complexity index is 1380. The molecule has 2 saturated heterocycles. The fraction of sp³-hybridized carbons (Fsp3) is 0.424. The number of piperidine rings is 2. The SMILES string of the molecule is CN(CCN1CCC(OC(=O)Nc2ccccc2-c2ccccc2)CC1)C(=O)c1ccc(CN2CCC(C(N)=O)CC2)s1. The summed E-state index contributed by atoms with van der Waals surface area (Å²) in [5, 5.41) is 2.93. The third-order valence-electron chi connectivity index (χ3n) is 8.40. The number of para-hydroxylation sites is 1. The average Bonchev–Trinajstić information content (AvgIpc) is 3.49. The highest BCUT2D eigenvalue weighted by Crippen LogP contribution is 2.28. The van der Waals surface area contributed by atoms with E-state index in [1.54, 1.807) is 16.2 Å². The van der Waals surface area contributed by atoms with Crippen LogP contribution in [-0.4, -0.2) is 85.0 Å². The maximum absolute atomic E-state index is 13.1. The highest BCUT2D eigenvalue weighted by molar-refractivity contribution is 7.14. The quantitative estimate of drug-likeness (QED) is 0.342. The number of carbonyl (C=O) groups is 3. The number of thiophene rings is 1. The summed E-state index contributed by atoms with van der Waals surface area (Å²) in [4.78, 5) is 45.5. The Morgan fingerprint density at radius 1 is 0.907 bits per heavy atom. The van der Waals surface area contributed by atoms with Crippen molar-refractivity contribution in [2.24, 2.45) is 11.7 Å². The fourth-order valence-electron chi connectivity index (χ4n) is 5.76. The molecule has 5 rings (SSSR count). The molecule has 3 aromatic rings. The standard InChI is InChI=1S/C33H41N5O4S/c1-36(32(40)30-12-11-27(43-30)23-38-17-13-25(14-18-38)31(34)39)21-22-37-19-15-26(16-20-37)42-33(41)35-29-10-6-5-9-28(29)24-7-3-2-4-8-24/h2-12,25-26H,13-23H2,1H3,(H2,34,39)(H,35,41).